The number of hydrogen-bond acceptors (Lipinski definition) is 6. The lowest BCUT2D eigenvalue weighted by atomic mass is 10.4. The second-order valence-electron chi connectivity index (χ2n) is 5.42. The Hall–Kier alpha value is -0.780. The van der Waals surface area contributed by atoms with E-state index in [1.165, 1.54) is 0 Å². The number of thioether (sulfide) groups is 2. The SMILES string of the molecule is Cc1[nH]cnc1CSCCN=C(N)N(O)CCSCc1nc[nH]c1C.Cl.Cl.Cl. The van der Waals surface area contributed by atoms with E-state index >= 15 is 0 Å². The van der Waals surface area contributed by atoms with Crippen molar-refractivity contribution in [1.29, 1.82) is 0 Å². The van der Waals surface area contributed by atoms with E-state index in [0.29, 0.717) is 13.1 Å². The lowest BCUT2D eigenvalue weighted by Crippen LogP contribution is -2.36. The number of aromatic amines is 2. The molecule has 0 aliphatic rings. The molecule has 0 amide bonds. The molecule has 28 heavy (non-hydrogen) atoms. The molecule has 0 bridgehead atoms. The molecule has 0 saturated heterocycles. The van der Waals surface area contributed by atoms with Gasteiger partial charge in [0, 0.05) is 34.4 Å². The van der Waals surface area contributed by atoms with Crippen LogP contribution in [0.15, 0.2) is 17.6 Å². The van der Waals surface area contributed by atoms with Crippen LogP contribution in [0.3, 0.4) is 0 Å². The van der Waals surface area contributed by atoms with Crippen molar-refractivity contribution in [3.8, 4) is 0 Å². The van der Waals surface area contributed by atoms with Crippen LogP contribution in [0.1, 0.15) is 22.8 Å². The van der Waals surface area contributed by atoms with Crippen molar-refractivity contribution in [2.24, 2.45) is 10.7 Å². The molecule has 0 atom stereocenters. The molecule has 8 nitrogen and oxygen atoms in total. The van der Waals surface area contributed by atoms with E-state index in [9.17, 15) is 5.21 Å². The third-order valence-electron chi connectivity index (χ3n) is 3.57. The summed E-state index contributed by atoms with van der Waals surface area (Å²) >= 11 is 3.43. The fourth-order valence-corrected chi connectivity index (χ4v) is 3.75. The molecule has 0 aromatic carbocycles. The van der Waals surface area contributed by atoms with E-state index in [0.717, 1.165) is 50.9 Å². The third-order valence-corrected chi connectivity index (χ3v) is 5.47. The smallest absolute Gasteiger partial charge is 0.215 e. The number of aromatic nitrogens is 4. The van der Waals surface area contributed by atoms with Gasteiger partial charge >= 0.3 is 0 Å². The minimum Gasteiger partial charge on any atom is -0.368 e. The number of aliphatic imine (C=N–C) groups is 1. The molecule has 2 heterocycles. The average molecular weight is 493 g/mol. The molecule has 2 rings (SSSR count). The zero-order chi connectivity index (χ0) is 18.1. The fourth-order valence-electron chi connectivity index (χ4n) is 1.97. The maximum absolute atomic E-state index is 9.89. The molecule has 0 saturated carbocycles. The van der Waals surface area contributed by atoms with Gasteiger partial charge in [0.05, 0.1) is 37.1 Å². The molecule has 0 unspecified atom stereocenters. The Morgan fingerprint density at radius 1 is 1.04 bits per heavy atom. The number of H-pyrrole nitrogens is 2. The number of nitrogens with two attached hydrogens (primary N) is 1. The first kappa shape index (κ1) is 29.4. The largest absolute Gasteiger partial charge is 0.368 e. The summed E-state index contributed by atoms with van der Waals surface area (Å²) in [6, 6.07) is 0. The standard InChI is InChI=1S/C15H25N7OS2.3ClH/c1-11-13(20-9-18-11)7-24-5-3-17-15(16)22(23)4-6-25-8-14-12(2)19-10-21-14;;;/h9-10,23H,3-8H2,1-2H3,(H2,16,17)(H,18,20)(H,19,21);3*1H. The Balaban J connectivity index is 0. The monoisotopic (exact) mass is 491 g/mol. The predicted molar refractivity (Wildman–Crippen MR) is 126 cm³/mol. The minimum absolute atomic E-state index is 0. The van der Waals surface area contributed by atoms with Crippen molar-refractivity contribution in [2.75, 3.05) is 24.6 Å². The van der Waals surface area contributed by atoms with E-state index in [-0.39, 0.29) is 43.2 Å². The first-order valence-electron chi connectivity index (χ1n) is 7.97. The van der Waals surface area contributed by atoms with Crippen LogP contribution in [0, 0.1) is 13.8 Å². The molecule has 2 aromatic heterocycles. The van der Waals surface area contributed by atoms with Crippen molar-refractivity contribution in [1.82, 2.24) is 25.0 Å². The molecule has 2 aromatic rings. The number of hydroxylamine groups is 2. The van der Waals surface area contributed by atoms with Gasteiger partial charge in [-0.05, 0) is 13.8 Å². The molecule has 0 fully saturated rings. The van der Waals surface area contributed by atoms with Gasteiger partial charge in [-0.3, -0.25) is 10.2 Å². The third kappa shape index (κ3) is 10.1. The maximum Gasteiger partial charge on any atom is 0.215 e. The second-order valence-corrected chi connectivity index (χ2v) is 7.63. The van der Waals surface area contributed by atoms with Gasteiger partial charge in [0.1, 0.15) is 0 Å². The summed E-state index contributed by atoms with van der Waals surface area (Å²) < 4.78 is 0. The molecule has 162 valence electrons. The normalized spacial score (nSPS) is 10.6. The van der Waals surface area contributed by atoms with Gasteiger partial charge in [-0.15, -0.1) is 37.2 Å². The average Bonchev–Trinajstić information content (AvgIpc) is 3.19. The number of imidazole rings is 2. The van der Waals surface area contributed by atoms with Crippen LogP contribution in [0.25, 0.3) is 0 Å². The Morgan fingerprint density at radius 2 is 1.54 bits per heavy atom. The topological polar surface area (TPSA) is 119 Å². The summed E-state index contributed by atoms with van der Waals surface area (Å²) in [6.07, 6.45) is 3.40. The lowest BCUT2D eigenvalue weighted by Gasteiger charge is -2.15. The highest BCUT2D eigenvalue weighted by Gasteiger charge is 2.06. The number of rotatable bonds is 10. The Labute approximate surface area is 192 Å². The number of aryl methyl sites for hydroxylation is 2. The van der Waals surface area contributed by atoms with Crippen LogP contribution in [0.2, 0.25) is 0 Å². The van der Waals surface area contributed by atoms with E-state index in [1.807, 2.05) is 13.8 Å². The van der Waals surface area contributed by atoms with Crippen LogP contribution in [0.4, 0.5) is 0 Å². The predicted octanol–water partition coefficient (Wildman–Crippen LogP) is 3.19. The van der Waals surface area contributed by atoms with Gasteiger partial charge in [-0.25, -0.2) is 15.0 Å². The highest BCUT2D eigenvalue weighted by Crippen LogP contribution is 2.13. The minimum atomic E-state index is 0. The molecule has 5 N–H and O–H groups in total. The lowest BCUT2D eigenvalue weighted by molar-refractivity contribution is -0.00988. The summed E-state index contributed by atoms with van der Waals surface area (Å²) in [7, 11) is 0. The molecule has 0 aliphatic heterocycles. The van der Waals surface area contributed by atoms with Gasteiger partial charge in [-0.1, -0.05) is 0 Å². The molecular formula is C15H28Cl3N7OS2. The van der Waals surface area contributed by atoms with E-state index in [2.05, 4.69) is 24.9 Å². The quantitative estimate of drug-likeness (QED) is 0.174. The number of halogens is 3. The molecule has 0 radical (unpaired) electrons. The summed E-state index contributed by atoms with van der Waals surface area (Å²) in [5, 5.41) is 10.9. The van der Waals surface area contributed by atoms with E-state index < -0.39 is 0 Å². The summed E-state index contributed by atoms with van der Waals surface area (Å²) in [5.41, 5.74) is 10.1. The van der Waals surface area contributed by atoms with E-state index in [1.54, 1.807) is 36.2 Å². The maximum atomic E-state index is 9.89. The van der Waals surface area contributed by atoms with Crippen LogP contribution in [-0.2, 0) is 11.5 Å². The van der Waals surface area contributed by atoms with Crippen molar-refractivity contribution in [3.63, 3.8) is 0 Å². The van der Waals surface area contributed by atoms with Gasteiger partial charge in [0.2, 0.25) is 5.96 Å². The Bertz CT molecular complexity index is 684. The van der Waals surface area contributed by atoms with Crippen molar-refractivity contribution < 1.29 is 5.21 Å². The Kier molecular flexibility index (Phi) is 16.9. The van der Waals surface area contributed by atoms with Crippen molar-refractivity contribution >= 4 is 66.7 Å². The van der Waals surface area contributed by atoms with Crippen LogP contribution in [0.5, 0.6) is 0 Å². The van der Waals surface area contributed by atoms with Crippen molar-refractivity contribution in [3.05, 3.63) is 35.4 Å². The van der Waals surface area contributed by atoms with Gasteiger partial charge in [0.15, 0.2) is 0 Å². The number of hydrogen-bond donors (Lipinski definition) is 4. The number of nitrogens with zero attached hydrogens (tertiary/aromatic N) is 4. The highest BCUT2D eigenvalue weighted by molar-refractivity contribution is 7.98. The van der Waals surface area contributed by atoms with Crippen molar-refractivity contribution in [2.45, 2.75) is 25.4 Å². The Morgan fingerprint density at radius 3 is 2.00 bits per heavy atom. The van der Waals surface area contributed by atoms with Gasteiger partial charge in [-0.2, -0.15) is 23.5 Å². The second kappa shape index (κ2) is 16.1. The van der Waals surface area contributed by atoms with Gasteiger partial charge in [0.25, 0.3) is 0 Å². The molecule has 0 spiro atoms. The zero-order valence-electron chi connectivity index (χ0n) is 15.8. The zero-order valence-corrected chi connectivity index (χ0v) is 19.8. The first-order valence-corrected chi connectivity index (χ1v) is 10.3. The molecule has 0 aliphatic carbocycles. The summed E-state index contributed by atoms with van der Waals surface area (Å²) in [4.78, 5) is 18.8. The first-order chi connectivity index (χ1) is 12.1. The van der Waals surface area contributed by atoms with Crippen LogP contribution < -0.4 is 5.73 Å². The highest BCUT2D eigenvalue weighted by atomic mass is 35.5. The summed E-state index contributed by atoms with van der Waals surface area (Å²) in [6.45, 7) is 5.01. The molecular weight excluding hydrogens is 465 g/mol. The van der Waals surface area contributed by atoms with Gasteiger partial charge < -0.3 is 15.7 Å². The number of nitrogens with one attached hydrogen (secondary N) is 2. The van der Waals surface area contributed by atoms with E-state index in [4.69, 9.17) is 5.73 Å². The fraction of sp³-hybridized carbons (Fsp3) is 0.533. The summed E-state index contributed by atoms with van der Waals surface area (Å²) in [5.74, 6) is 3.38. The van der Waals surface area contributed by atoms with Crippen LogP contribution >= 0.6 is 60.7 Å². The van der Waals surface area contributed by atoms with Crippen LogP contribution in [-0.4, -0.2) is 60.8 Å². The molecule has 13 heteroatoms. The number of guanidine groups is 1.